The monoisotopic (exact) mass is 737 g/mol. The summed E-state index contributed by atoms with van der Waals surface area (Å²) in [5.41, 5.74) is -1.89. The molecule has 5 rings (SSSR count). The molecule has 50 heavy (non-hydrogen) atoms. The van der Waals surface area contributed by atoms with Gasteiger partial charge in [0.05, 0.1) is 44.2 Å². The number of anilines is 1. The number of alkyl halides is 3. The summed E-state index contributed by atoms with van der Waals surface area (Å²) in [6, 6.07) is 12.2. The van der Waals surface area contributed by atoms with Gasteiger partial charge in [0.25, 0.3) is 15.9 Å². The molecule has 3 aromatic carbocycles. The number of hydrogen-bond donors (Lipinski definition) is 2. The molecule has 2 aliphatic heterocycles. The number of aliphatic hydroxyl groups excluding tert-OH is 1. The van der Waals surface area contributed by atoms with E-state index in [0.717, 1.165) is 25.3 Å². The highest BCUT2D eigenvalue weighted by Gasteiger charge is 2.72. The smallest absolute Gasteiger partial charge is 0.497 e. The number of nitriles is 1. The third-order valence-electron chi connectivity index (χ3n) is 9.22. The number of quaternary nitrogens is 1. The second-order valence-corrected chi connectivity index (χ2v) is 14.2. The van der Waals surface area contributed by atoms with E-state index in [2.05, 4.69) is 16.1 Å². The van der Waals surface area contributed by atoms with E-state index in [1.54, 1.807) is 12.1 Å². The summed E-state index contributed by atoms with van der Waals surface area (Å²) in [7, 11) is 0.0952. The number of rotatable bonds is 10. The molecule has 0 aromatic heterocycles. The minimum atomic E-state index is -5.33. The molecule has 2 aliphatic rings. The van der Waals surface area contributed by atoms with Gasteiger partial charge in [0.1, 0.15) is 29.0 Å². The number of fused-ring (bicyclic) bond motifs is 1. The number of likely N-dealkylation sites (tertiary alicyclic amines) is 1. The molecule has 2 unspecified atom stereocenters. The largest absolute Gasteiger partial charge is 0.573 e. The van der Waals surface area contributed by atoms with E-state index in [4.69, 9.17) is 21.1 Å². The first-order valence-electron chi connectivity index (χ1n) is 15.1. The lowest BCUT2D eigenvalue weighted by atomic mass is 9.78. The number of hydrogen-bond acceptors (Lipinski definition) is 9. The molecule has 0 spiro atoms. The van der Waals surface area contributed by atoms with Gasteiger partial charge in [-0.2, -0.15) is 9.57 Å². The summed E-state index contributed by atoms with van der Waals surface area (Å²) in [5.74, 6) is -2.99. The Kier molecular flexibility index (Phi) is 9.76. The Balaban J connectivity index is 1.92. The fraction of sp³-hybridized carbons (Fsp3) is 0.364. The quantitative estimate of drug-likeness (QED) is 0.294. The maximum Gasteiger partial charge on any atom is 0.573 e. The van der Waals surface area contributed by atoms with Gasteiger partial charge < -0.3 is 24.6 Å². The maximum absolute atomic E-state index is 15.6. The highest BCUT2D eigenvalue weighted by Crippen LogP contribution is 2.58. The molecule has 266 valence electrons. The molecule has 2 amide bonds. The van der Waals surface area contributed by atoms with Crippen molar-refractivity contribution in [2.24, 2.45) is 0 Å². The average Bonchev–Trinajstić information content (AvgIpc) is 3.52. The van der Waals surface area contributed by atoms with Crippen LogP contribution in [0.1, 0.15) is 29.5 Å². The molecule has 0 aliphatic carbocycles. The van der Waals surface area contributed by atoms with Crippen molar-refractivity contribution in [2.75, 3.05) is 39.2 Å². The van der Waals surface area contributed by atoms with Crippen molar-refractivity contribution < 1.29 is 55.0 Å². The number of methoxy groups -OCH3 is 2. The van der Waals surface area contributed by atoms with Crippen LogP contribution in [0, 0.1) is 11.3 Å². The Hall–Kier alpha value is -4.56. The summed E-state index contributed by atoms with van der Waals surface area (Å²) >= 11 is 6.54. The van der Waals surface area contributed by atoms with Crippen molar-refractivity contribution in [3.8, 4) is 23.3 Å². The van der Waals surface area contributed by atoms with Gasteiger partial charge in [-0.1, -0.05) is 17.7 Å². The number of aryl methyl sites for hydroxylation is 1. The molecule has 0 bridgehead atoms. The fourth-order valence-corrected chi connectivity index (χ4v) is 8.90. The van der Waals surface area contributed by atoms with E-state index in [1.165, 1.54) is 45.5 Å². The van der Waals surface area contributed by atoms with Crippen LogP contribution < -0.4 is 23.8 Å². The predicted molar refractivity (Wildman–Crippen MR) is 173 cm³/mol. The van der Waals surface area contributed by atoms with Crippen LogP contribution in [0.5, 0.6) is 17.2 Å². The maximum atomic E-state index is 15.6. The number of carbonyl (C=O) groups excluding carboxylic acids is 2. The standard InChI is InChI=1S/C33H32ClF3N4O8S/c1-39-30(43)26-16-21(42)18-41(26,2)32(24-14-19(6-5-13-38)7-11-27(24)48-4)23-15-20(34)8-10-25(23)40(31(32)44)50(45,46)29-12-9-22(47-3)17-28(29)49-33(35,36)37/h7-12,14-15,17,21,26,42H,5-6,16,18H2,1-4H3/p+1/t21-,26+,32?,41?/m1/s1. The zero-order valence-electron chi connectivity index (χ0n) is 27.2. The van der Waals surface area contributed by atoms with E-state index < -0.39 is 61.0 Å². The zero-order chi connectivity index (χ0) is 36.8. The van der Waals surface area contributed by atoms with Crippen LogP contribution >= 0.6 is 11.6 Å². The summed E-state index contributed by atoms with van der Waals surface area (Å²) in [6.45, 7) is -0.250. The molecule has 2 heterocycles. The zero-order valence-corrected chi connectivity index (χ0v) is 28.8. The Morgan fingerprint density at radius 1 is 1.12 bits per heavy atom. The number of carbonyl (C=O) groups is 2. The van der Waals surface area contributed by atoms with Crippen molar-refractivity contribution in [2.45, 2.75) is 48.2 Å². The molecule has 12 nitrogen and oxygen atoms in total. The molecule has 4 atom stereocenters. The van der Waals surface area contributed by atoms with E-state index in [1.807, 2.05) is 0 Å². The van der Waals surface area contributed by atoms with E-state index in [0.29, 0.717) is 9.87 Å². The van der Waals surface area contributed by atoms with Crippen LogP contribution in [0.25, 0.3) is 0 Å². The summed E-state index contributed by atoms with van der Waals surface area (Å²) in [6.07, 6.45) is -6.31. The Labute approximate surface area is 291 Å². The second kappa shape index (κ2) is 13.3. The minimum absolute atomic E-state index is 0.0217. The lowest BCUT2D eigenvalue weighted by Crippen LogP contribution is -2.69. The van der Waals surface area contributed by atoms with Gasteiger partial charge in [-0.15, -0.1) is 13.2 Å². The third-order valence-corrected chi connectivity index (χ3v) is 11.2. The topological polar surface area (TPSA) is 155 Å². The number of likely N-dealkylation sites (N-methyl/N-ethyl adjacent to an activating group) is 2. The normalized spacial score (nSPS) is 23.3. The van der Waals surface area contributed by atoms with Crippen molar-refractivity contribution in [1.29, 1.82) is 5.26 Å². The van der Waals surface area contributed by atoms with Crippen LogP contribution in [-0.2, 0) is 31.6 Å². The third kappa shape index (κ3) is 5.87. The number of nitrogens with one attached hydrogen (secondary N) is 1. The molecule has 1 fully saturated rings. The number of sulfonamides is 1. The summed E-state index contributed by atoms with van der Waals surface area (Å²) < 4.78 is 85.0. The Morgan fingerprint density at radius 2 is 1.84 bits per heavy atom. The van der Waals surface area contributed by atoms with Gasteiger partial charge in [0, 0.05) is 31.0 Å². The highest BCUT2D eigenvalue weighted by atomic mass is 35.5. The average molecular weight is 738 g/mol. The van der Waals surface area contributed by atoms with Crippen LogP contribution in [0.3, 0.4) is 0 Å². The predicted octanol–water partition coefficient (Wildman–Crippen LogP) is 4.02. The van der Waals surface area contributed by atoms with Gasteiger partial charge in [0.15, 0.2) is 11.8 Å². The van der Waals surface area contributed by atoms with E-state index in [-0.39, 0.29) is 59.1 Å². The molecule has 0 saturated carbocycles. The SMILES string of the molecule is CNC(=O)[C@@H]1C[C@@H](O)C[N+]1(C)C1(c2cc(CCC#N)ccc2OC)C(=O)N(S(=O)(=O)c2ccc(OC)cc2OC(F)(F)F)c2ccc(Cl)cc21. The van der Waals surface area contributed by atoms with Crippen molar-refractivity contribution in [3.63, 3.8) is 0 Å². The van der Waals surface area contributed by atoms with Gasteiger partial charge in [-0.05, 0) is 54.4 Å². The van der Waals surface area contributed by atoms with E-state index in [9.17, 15) is 36.8 Å². The van der Waals surface area contributed by atoms with Crippen molar-refractivity contribution >= 4 is 39.1 Å². The molecule has 1 saturated heterocycles. The fourth-order valence-electron chi connectivity index (χ4n) is 7.17. The lowest BCUT2D eigenvalue weighted by Gasteiger charge is -2.48. The molecule has 0 radical (unpaired) electrons. The van der Waals surface area contributed by atoms with Gasteiger partial charge in [-0.3, -0.25) is 14.1 Å². The Morgan fingerprint density at radius 3 is 2.46 bits per heavy atom. The summed E-state index contributed by atoms with van der Waals surface area (Å²) in [5, 5.41) is 23.1. The molecular weight excluding hydrogens is 705 g/mol. The van der Waals surface area contributed by atoms with Crippen molar-refractivity contribution in [3.05, 3.63) is 76.3 Å². The molecule has 17 heteroatoms. The van der Waals surface area contributed by atoms with Crippen LogP contribution in [0.4, 0.5) is 18.9 Å². The van der Waals surface area contributed by atoms with Gasteiger partial charge in [0.2, 0.25) is 5.54 Å². The number of ether oxygens (including phenoxy) is 3. The van der Waals surface area contributed by atoms with Gasteiger partial charge in [-0.25, -0.2) is 8.42 Å². The molecule has 2 N–H and O–H groups in total. The van der Waals surface area contributed by atoms with Crippen LogP contribution in [-0.4, -0.2) is 83.2 Å². The Bertz CT molecular complexity index is 2010. The number of aliphatic hydroxyl groups is 1. The highest BCUT2D eigenvalue weighted by molar-refractivity contribution is 7.93. The minimum Gasteiger partial charge on any atom is -0.497 e. The first-order chi connectivity index (χ1) is 23.5. The van der Waals surface area contributed by atoms with Crippen LogP contribution in [0.2, 0.25) is 5.02 Å². The number of amides is 2. The first kappa shape index (κ1) is 36.7. The number of halogens is 4. The summed E-state index contributed by atoms with van der Waals surface area (Å²) in [4.78, 5) is 28.1. The lowest BCUT2D eigenvalue weighted by molar-refractivity contribution is -0.953. The van der Waals surface area contributed by atoms with Crippen LogP contribution in [0.15, 0.2) is 59.5 Å². The number of benzene rings is 3. The molecular formula is C33H33ClF3N4O8S+. The molecule has 3 aromatic rings. The first-order valence-corrected chi connectivity index (χ1v) is 16.9. The van der Waals surface area contributed by atoms with E-state index >= 15 is 4.79 Å². The number of nitrogens with zero attached hydrogens (tertiary/aromatic N) is 3. The van der Waals surface area contributed by atoms with Crippen molar-refractivity contribution in [1.82, 2.24) is 5.32 Å². The second-order valence-electron chi connectivity index (χ2n) is 12.0. The van der Waals surface area contributed by atoms with Gasteiger partial charge >= 0.3 is 12.3 Å².